The summed E-state index contributed by atoms with van der Waals surface area (Å²) < 4.78 is 5.57. The SMILES string of the molecule is CN1CCN(c2nc3c(c(N4CCOCC4)n2)CN(C(=O)c2cccs2)CC3)CC1. The van der Waals surface area contributed by atoms with Crippen molar-refractivity contribution >= 4 is 29.0 Å². The van der Waals surface area contributed by atoms with Gasteiger partial charge in [0, 0.05) is 57.8 Å². The number of likely N-dealkylation sites (N-methyl/N-ethyl adjacent to an activating group) is 1. The van der Waals surface area contributed by atoms with Crippen LogP contribution in [0.5, 0.6) is 0 Å². The van der Waals surface area contributed by atoms with Crippen molar-refractivity contribution < 1.29 is 9.53 Å². The minimum atomic E-state index is 0.103. The molecule has 9 heteroatoms. The minimum Gasteiger partial charge on any atom is -0.378 e. The highest BCUT2D eigenvalue weighted by atomic mass is 32.1. The zero-order valence-corrected chi connectivity index (χ0v) is 18.2. The molecule has 0 saturated carbocycles. The molecule has 5 heterocycles. The Morgan fingerprint density at radius 2 is 1.83 bits per heavy atom. The second-order valence-corrected chi connectivity index (χ2v) is 9.06. The third kappa shape index (κ3) is 3.89. The summed E-state index contributed by atoms with van der Waals surface area (Å²) in [6.45, 7) is 8.28. The van der Waals surface area contributed by atoms with Gasteiger partial charge >= 0.3 is 0 Å². The van der Waals surface area contributed by atoms with Crippen LogP contribution in [0.25, 0.3) is 0 Å². The Kier molecular flexibility index (Phi) is 5.58. The molecule has 3 aliphatic heterocycles. The number of aromatic nitrogens is 2. The number of morpholine rings is 1. The summed E-state index contributed by atoms with van der Waals surface area (Å²) in [7, 11) is 2.16. The number of piperazine rings is 1. The van der Waals surface area contributed by atoms with Gasteiger partial charge in [0.25, 0.3) is 5.91 Å². The maximum absolute atomic E-state index is 13.0. The number of hydrogen-bond donors (Lipinski definition) is 0. The molecule has 1 amide bonds. The average Bonchev–Trinajstić information content (AvgIpc) is 3.33. The Balaban J connectivity index is 1.47. The third-order valence-corrected chi connectivity index (χ3v) is 7.00. The fourth-order valence-electron chi connectivity index (χ4n) is 4.30. The fourth-order valence-corrected chi connectivity index (χ4v) is 4.99. The van der Waals surface area contributed by atoms with Gasteiger partial charge in [0.15, 0.2) is 0 Å². The molecule has 0 N–H and O–H groups in total. The summed E-state index contributed by atoms with van der Waals surface area (Å²) in [6.07, 6.45) is 0.771. The molecule has 2 aromatic rings. The van der Waals surface area contributed by atoms with E-state index >= 15 is 0 Å². The first kappa shape index (κ1) is 19.7. The van der Waals surface area contributed by atoms with Gasteiger partial charge in [-0.05, 0) is 18.5 Å². The maximum atomic E-state index is 13.0. The quantitative estimate of drug-likeness (QED) is 0.731. The molecule has 0 atom stereocenters. The highest BCUT2D eigenvalue weighted by Crippen LogP contribution is 2.31. The number of fused-ring (bicyclic) bond motifs is 1. The van der Waals surface area contributed by atoms with E-state index in [9.17, 15) is 4.79 Å². The van der Waals surface area contributed by atoms with Crippen LogP contribution in [0.1, 0.15) is 20.9 Å². The summed E-state index contributed by atoms with van der Waals surface area (Å²) in [5.41, 5.74) is 2.20. The molecule has 0 spiro atoms. The lowest BCUT2D eigenvalue weighted by atomic mass is 10.0. The molecule has 2 fully saturated rings. The highest BCUT2D eigenvalue weighted by Gasteiger charge is 2.30. The topological polar surface area (TPSA) is 65.0 Å². The summed E-state index contributed by atoms with van der Waals surface area (Å²) in [6, 6.07) is 3.83. The van der Waals surface area contributed by atoms with Crippen LogP contribution in [0.3, 0.4) is 0 Å². The molecular formula is C21H28N6O2S. The van der Waals surface area contributed by atoms with Gasteiger partial charge in [-0.15, -0.1) is 11.3 Å². The van der Waals surface area contributed by atoms with Crippen molar-refractivity contribution in [2.24, 2.45) is 0 Å². The monoisotopic (exact) mass is 428 g/mol. The van der Waals surface area contributed by atoms with Crippen molar-refractivity contribution in [2.75, 3.05) is 75.9 Å². The van der Waals surface area contributed by atoms with Crippen molar-refractivity contribution in [3.8, 4) is 0 Å². The molecule has 8 nitrogen and oxygen atoms in total. The molecule has 0 aromatic carbocycles. The molecule has 0 unspecified atom stereocenters. The first-order valence-corrected chi connectivity index (χ1v) is 11.6. The first-order valence-electron chi connectivity index (χ1n) is 10.7. The van der Waals surface area contributed by atoms with Crippen molar-refractivity contribution in [3.63, 3.8) is 0 Å². The third-order valence-electron chi connectivity index (χ3n) is 6.14. The van der Waals surface area contributed by atoms with Crippen molar-refractivity contribution in [1.82, 2.24) is 19.8 Å². The molecule has 2 saturated heterocycles. The number of amides is 1. The van der Waals surface area contributed by atoms with Gasteiger partial charge in [-0.1, -0.05) is 6.07 Å². The Bertz CT molecular complexity index is 891. The van der Waals surface area contributed by atoms with E-state index in [1.807, 2.05) is 22.4 Å². The van der Waals surface area contributed by atoms with Gasteiger partial charge in [0.05, 0.1) is 30.3 Å². The number of anilines is 2. The van der Waals surface area contributed by atoms with Crippen LogP contribution in [0.15, 0.2) is 17.5 Å². The van der Waals surface area contributed by atoms with E-state index in [-0.39, 0.29) is 5.91 Å². The van der Waals surface area contributed by atoms with Gasteiger partial charge in [-0.2, -0.15) is 4.98 Å². The smallest absolute Gasteiger partial charge is 0.264 e. The Hall–Kier alpha value is -2.23. The average molecular weight is 429 g/mol. The zero-order valence-electron chi connectivity index (χ0n) is 17.4. The van der Waals surface area contributed by atoms with Crippen LogP contribution in [0.4, 0.5) is 11.8 Å². The lowest BCUT2D eigenvalue weighted by Crippen LogP contribution is -2.46. The molecule has 30 heavy (non-hydrogen) atoms. The Labute approximate surface area is 181 Å². The fraction of sp³-hybridized carbons (Fsp3) is 0.571. The number of carbonyl (C=O) groups excluding carboxylic acids is 1. The van der Waals surface area contributed by atoms with E-state index < -0.39 is 0 Å². The zero-order chi connectivity index (χ0) is 20.5. The summed E-state index contributed by atoms with van der Waals surface area (Å²) >= 11 is 1.50. The highest BCUT2D eigenvalue weighted by molar-refractivity contribution is 7.12. The number of ether oxygens (including phenoxy) is 1. The number of carbonyl (C=O) groups is 1. The normalized spacial score (nSPS) is 20.4. The van der Waals surface area contributed by atoms with Gasteiger partial charge in [0.1, 0.15) is 5.82 Å². The molecule has 0 radical (unpaired) electrons. The van der Waals surface area contributed by atoms with Crippen molar-refractivity contribution in [2.45, 2.75) is 13.0 Å². The second kappa shape index (κ2) is 8.49. The van der Waals surface area contributed by atoms with Gasteiger partial charge in [-0.25, -0.2) is 4.98 Å². The number of nitrogens with zero attached hydrogens (tertiary/aromatic N) is 6. The molecule has 3 aliphatic rings. The van der Waals surface area contributed by atoms with Crippen LogP contribution in [-0.4, -0.2) is 91.7 Å². The molecule has 2 aromatic heterocycles. The van der Waals surface area contributed by atoms with E-state index in [1.165, 1.54) is 11.3 Å². The molecule has 0 aliphatic carbocycles. The van der Waals surface area contributed by atoms with Crippen molar-refractivity contribution in [1.29, 1.82) is 0 Å². The summed E-state index contributed by atoms with van der Waals surface area (Å²) in [5, 5.41) is 1.95. The Morgan fingerprint density at radius 1 is 1.03 bits per heavy atom. The van der Waals surface area contributed by atoms with Crippen LogP contribution < -0.4 is 9.80 Å². The number of hydrogen-bond acceptors (Lipinski definition) is 8. The maximum Gasteiger partial charge on any atom is 0.264 e. The molecule has 5 rings (SSSR count). The van der Waals surface area contributed by atoms with Gasteiger partial charge in [0.2, 0.25) is 5.95 Å². The summed E-state index contributed by atoms with van der Waals surface area (Å²) in [4.78, 5) is 32.7. The minimum absolute atomic E-state index is 0.103. The Morgan fingerprint density at radius 3 is 2.57 bits per heavy atom. The van der Waals surface area contributed by atoms with Gasteiger partial charge < -0.3 is 24.3 Å². The predicted octanol–water partition coefficient (Wildman–Crippen LogP) is 1.33. The van der Waals surface area contributed by atoms with Crippen molar-refractivity contribution in [3.05, 3.63) is 33.6 Å². The van der Waals surface area contributed by atoms with Crippen LogP contribution >= 0.6 is 11.3 Å². The largest absolute Gasteiger partial charge is 0.378 e. The first-order chi connectivity index (χ1) is 14.7. The molecule has 0 bridgehead atoms. The molecule has 160 valence electrons. The molecular weight excluding hydrogens is 400 g/mol. The lowest BCUT2D eigenvalue weighted by Gasteiger charge is -2.37. The van der Waals surface area contributed by atoms with E-state index in [0.29, 0.717) is 26.3 Å². The van der Waals surface area contributed by atoms with E-state index in [1.54, 1.807) is 0 Å². The number of thiophene rings is 1. The van der Waals surface area contributed by atoms with E-state index in [4.69, 9.17) is 14.7 Å². The van der Waals surface area contributed by atoms with E-state index in [0.717, 1.165) is 73.6 Å². The lowest BCUT2D eigenvalue weighted by molar-refractivity contribution is 0.0738. The summed E-state index contributed by atoms with van der Waals surface area (Å²) in [5.74, 6) is 1.93. The van der Waals surface area contributed by atoms with Crippen LogP contribution in [-0.2, 0) is 17.7 Å². The van der Waals surface area contributed by atoms with Crippen LogP contribution in [0, 0.1) is 0 Å². The van der Waals surface area contributed by atoms with Gasteiger partial charge in [-0.3, -0.25) is 4.79 Å². The second-order valence-electron chi connectivity index (χ2n) is 8.12. The predicted molar refractivity (Wildman–Crippen MR) is 118 cm³/mol. The van der Waals surface area contributed by atoms with Crippen LogP contribution in [0.2, 0.25) is 0 Å². The van der Waals surface area contributed by atoms with E-state index in [2.05, 4.69) is 21.7 Å². The number of rotatable bonds is 3. The standard InChI is InChI=1S/C21H28N6O2S/c1-24-6-8-26(9-7-24)21-22-17-4-5-27(20(28)18-3-2-14-30-18)15-16(17)19(23-21)25-10-12-29-13-11-25/h2-3,14H,4-13,15H2,1H3.